The molecule has 0 aromatic heterocycles. The van der Waals surface area contributed by atoms with E-state index < -0.39 is 0 Å². The Kier molecular flexibility index (Phi) is 2.86. The standard InChI is InChI=1S/C10H18O3/c11-10(4-5-10)6-8-13-9-3-1-2-7-12-9/h9,11H,1-8H2/t9-/m1/s1. The van der Waals surface area contributed by atoms with Crippen molar-refractivity contribution in [2.75, 3.05) is 13.2 Å². The van der Waals surface area contributed by atoms with E-state index in [0.29, 0.717) is 6.61 Å². The molecule has 1 N–H and O–H groups in total. The van der Waals surface area contributed by atoms with Gasteiger partial charge in [0.2, 0.25) is 0 Å². The van der Waals surface area contributed by atoms with E-state index in [0.717, 1.165) is 38.7 Å². The van der Waals surface area contributed by atoms with Crippen LogP contribution in [-0.2, 0) is 9.47 Å². The van der Waals surface area contributed by atoms with Crippen molar-refractivity contribution in [3.8, 4) is 0 Å². The molecule has 13 heavy (non-hydrogen) atoms. The lowest BCUT2D eigenvalue weighted by Crippen LogP contribution is -2.24. The lowest BCUT2D eigenvalue weighted by atomic mass is 10.2. The summed E-state index contributed by atoms with van der Waals surface area (Å²) >= 11 is 0. The van der Waals surface area contributed by atoms with Gasteiger partial charge in [0.1, 0.15) is 0 Å². The van der Waals surface area contributed by atoms with E-state index in [-0.39, 0.29) is 11.9 Å². The summed E-state index contributed by atoms with van der Waals surface area (Å²) in [6.45, 7) is 1.47. The average molecular weight is 186 g/mol. The molecular weight excluding hydrogens is 168 g/mol. The second-order valence-corrected chi connectivity index (χ2v) is 4.14. The predicted molar refractivity (Wildman–Crippen MR) is 48.3 cm³/mol. The number of rotatable bonds is 4. The predicted octanol–water partition coefficient (Wildman–Crippen LogP) is 1.44. The summed E-state index contributed by atoms with van der Waals surface area (Å²) in [5.74, 6) is 0. The van der Waals surface area contributed by atoms with E-state index in [1.807, 2.05) is 0 Å². The minimum Gasteiger partial charge on any atom is -0.390 e. The highest BCUT2D eigenvalue weighted by Gasteiger charge is 2.39. The fourth-order valence-corrected chi connectivity index (χ4v) is 1.62. The molecule has 0 aromatic carbocycles. The van der Waals surface area contributed by atoms with Crippen molar-refractivity contribution in [1.29, 1.82) is 0 Å². The van der Waals surface area contributed by atoms with Crippen molar-refractivity contribution < 1.29 is 14.6 Å². The van der Waals surface area contributed by atoms with Crippen LogP contribution in [0.25, 0.3) is 0 Å². The Morgan fingerprint density at radius 3 is 2.85 bits per heavy atom. The van der Waals surface area contributed by atoms with Crippen molar-refractivity contribution in [2.45, 2.75) is 50.4 Å². The molecule has 1 saturated carbocycles. The van der Waals surface area contributed by atoms with E-state index >= 15 is 0 Å². The van der Waals surface area contributed by atoms with Crippen molar-refractivity contribution in [1.82, 2.24) is 0 Å². The lowest BCUT2D eigenvalue weighted by Gasteiger charge is -2.23. The van der Waals surface area contributed by atoms with Gasteiger partial charge in [0.15, 0.2) is 6.29 Å². The Morgan fingerprint density at radius 2 is 2.23 bits per heavy atom. The molecule has 3 nitrogen and oxygen atoms in total. The molecule has 0 unspecified atom stereocenters. The van der Waals surface area contributed by atoms with Crippen LogP contribution in [0.5, 0.6) is 0 Å². The van der Waals surface area contributed by atoms with Crippen LogP contribution in [-0.4, -0.2) is 30.2 Å². The molecule has 3 heteroatoms. The first kappa shape index (κ1) is 9.44. The second-order valence-electron chi connectivity index (χ2n) is 4.14. The Balaban J connectivity index is 1.56. The Morgan fingerprint density at radius 1 is 1.38 bits per heavy atom. The van der Waals surface area contributed by atoms with Crippen LogP contribution in [0.4, 0.5) is 0 Å². The third kappa shape index (κ3) is 2.93. The van der Waals surface area contributed by atoms with Crippen LogP contribution in [0.2, 0.25) is 0 Å². The molecule has 1 heterocycles. The average Bonchev–Trinajstić information content (AvgIpc) is 2.86. The van der Waals surface area contributed by atoms with Crippen LogP contribution < -0.4 is 0 Å². The zero-order chi connectivity index (χ0) is 9.15. The fraction of sp³-hybridized carbons (Fsp3) is 1.00. The molecule has 1 aliphatic heterocycles. The fourth-order valence-electron chi connectivity index (χ4n) is 1.62. The van der Waals surface area contributed by atoms with Gasteiger partial charge in [-0.05, 0) is 38.5 Å². The molecule has 0 bridgehead atoms. The normalized spacial score (nSPS) is 31.6. The van der Waals surface area contributed by atoms with Gasteiger partial charge >= 0.3 is 0 Å². The molecule has 2 rings (SSSR count). The molecule has 1 atom stereocenters. The summed E-state index contributed by atoms with van der Waals surface area (Å²) in [6.07, 6.45) is 6.03. The zero-order valence-electron chi connectivity index (χ0n) is 8.00. The van der Waals surface area contributed by atoms with E-state index in [4.69, 9.17) is 9.47 Å². The molecule has 0 aromatic rings. The third-order valence-electron chi connectivity index (χ3n) is 2.84. The maximum atomic E-state index is 9.54. The van der Waals surface area contributed by atoms with Gasteiger partial charge in [-0.1, -0.05) is 0 Å². The van der Waals surface area contributed by atoms with Gasteiger partial charge in [-0.15, -0.1) is 0 Å². The minimum atomic E-state index is -0.380. The first-order valence-electron chi connectivity index (χ1n) is 5.24. The first-order valence-corrected chi connectivity index (χ1v) is 5.24. The Hall–Kier alpha value is -0.120. The molecular formula is C10H18O3. The highest BCUT2D eigenvalue weighted by Crippen LogP contribution is 2.38. The van der Waals surface area contributed by atoms with E-state index in [1.165, 1.54) is 6.42 Å². The number of ether oxygens (including phenoxy) is 2. The van der Waals surface area contributed by atoms with Crippen LogP contribution in [0.1, 0.15) is 38.5 Å². The van der Waals surface area contributed by atoms with Gasteiger partial charge in [0, 0.05) is 6.61 Å². The summed E-state index contributed by atoms with van der Waals surface area (Å²) in [7, 11) is 0. The quantitative estimate of drug-likeness (QED) is 0.722. The van der Waals surface area contributed by atoms with Gasteiger partial charge < -0.3 is 14.6 Å². The maximum Gasteiger partial charge on any atom is 0.157 e. The topological polar surface area (TPSA) is 38.7 Å². The Bertz CT molecular complexity index is 160. The van der Waals surface area contributed by atoms with Gasteiger partial charge in [-0.25, -0.2) is 0 Å². The van der Waals surface area contributed by atoms with Gasteiger partial charge in [0.05, 0.1) is 12.2 Å². The summed E-state index contributed by atoms with van der Waals surface area (Å²) in [6, 6.07) is 0. The zero-order valence-corrected chi connectivity index (χ0v) is 8.00. The van der Waals surface area contributed by atoms with Crippen molar-refractivity contribution in [2.24, 2.45) is 0 Å². The van der Waals surface area contributed by atoms with E-state index in [2.05, 4.69) is 0 Å². The monoisotopic (exact) mass is 186 g/mol. The molecule has 76 valence electrons. The molecule has 1 aliphatic carbocycles. The highest BCUT2D eigenvalue weighted by atomic mass is 16.7. The first-order chi connectivity index (χ1) is 6.29. The lowest BCUT2D eigenvalue weighted by molar-refractivity contribution is -0.166. The summed E-state index contributed by atoms with van der Waals surface area (Å²) in [5, 5.41) is 9.54. The maximum absolute atomic E-state index is 9.54. The summed E-state index contributed by atoms with van der Waals surface area (Å²) in [4.78, 5) is 0. The number of hydrogen-bond acceptors (Lipinski definition) is 3. The van der Waals surface area contributed by atoms with Gasteiger partial charge in [-0.3, -0.25) is 0 Å². The van der Waals surface area contributed by atoms with Gasteiger partial charge in [0.25, 0.3) is 0 Å². The van der Waals surface area contributed by atoms with Crippen molar-refractivity contribution >= 4 is 0 Å². The second kappa shape index (κ2) is 3.95. The smallest absolute Gasteiger partial charge is 0.157 e. The van der Waals surface area contributed by atoms with Gasteiger partial charge in [-0.2, -0.15) is 0 Å². The summed E-state index contributed by atoms with van der Waals surface area (Å²) < 4.78 is 10.9. The van der Waals surface area contributed by atoms with E-state index in [1.54, 1.807) is 0 Å². The molecule has 1 saturated heterocycles. The number of hydrogen-bond donors (Lipinski definition) is 1. The van der Waals surface area contributed by atoms with E-state index in [9.17, 15) is 5.11 Å². The van der Waals surface area contributed by atoms with Crippen molar-refractivity contribution in [3.63, 3.8) is 0 Å². The Labute approximate surface area is 79.0 Å². The van der Waals surface area contributed by atoms with Crippen LogP contribution in [0.15, 0.2) is 0 Å². The minimum absolute atomic E-state index is 0.00361. The SMILES string of the molecule is OC1(CCO[C@@H]2CCCCO2)CC1. The van der Waals surface area contributed by atoms with Crippen LogP contribution in [0.3, 0.4) is 0 Å². The third-order valence-corrected chi connectivity index (χ3v) is 2.84. The van der Waals surface area contributed by atoms with Crippen LogP contribution >= 0.6 is 0 Å². The highest BCUT2D eigenvalue weighted by molar-refractivity contribution is 4.92. The molecule has 0 radical (unpaired) electrons. The van der Waals surface area contributed by atoms with Crippen LogP contribution in [0, 0.1) is 0 Å². The van der Waals surface area contributed by atoms with Crippen molar-refractivity contribution in [3.05, 3.63) is 0 Å². The molecule has 2 fully saturated rings. The molecule has 0 amide bonds. The summed E-state index contributed by atoms with van der Waals surface area (Å²) in [5.41, 5.74) is -0.380. The number of aliphatic hydroxyl groups is 1. The largest absolute Gasteiger partial charge is 0.390 e. The molecule has 2 aliphatic rings. The molecule has 0 spiro atoms.